The van der Waals surface area contributed by atoms with E-state index in [2.05, 4.69) is 15.6 Å². The standard InChI is InChI=1S/C20H21N3O3S/c1-12-8-9-14(10-13(12)2)21-20-23-19(25)17(27-20)11-18(24)22-15-6-4-5-7-16(15)26-3/h4-10,17H,11H2,1-3H3,(H,22,24)(H,21,23,25)/t17-/m1/s1. The quantitative estimate of drug-likeness (QED) is 0.827. The second-order valence-electron chi connectivity index (χ2n) is 6.23. The highest BCUT2D eigenvalue weighted by Crippen LogP contribution is 2.28. The molecule has 1 saturated heterocycles. The summed E-state index contributed by atoms with van der Waals surface area (Å²) in [5.41, 5.74) is 3.68. The molecule has 0 saturated carbocycles. The number of nitrogens with zero attached hydrogens (tertiary/aromatic N) is 1. The number of nitrogens with one attached hydrogen (secondary N) is 2. The molecule has 2 N–H and O–H groups in total. The second-order valence-corrected chi connectivity index (χ2v) is 7.43. The van der Waals surface area contributed by atoms with Crippen molar-refractivity contribution in [2.45, 2.75) is 25.5 Å². The lowest BCUT2D eigenvalue weighted by Crippen LogP contribution is -2.28. The van der Waals surface area contributed by atoms with Crippen molar-refractivity contribution in [2.24, 2.45) is 4.99 Å². The number of aliphatic imine (C=N–C) groups is 1. The highest BCUT2D eigenvalue weighted by Gasteiger charge is 2.32. The molecule has 2 aromatic carbocycles. The fourth-order valence-corrected chi connectivity index (χ4v) is 3.61. The van der Waals surface area contributed by atoms with Crippen LogP contribution in [0.1, 0.15) is 17.5 Å². The summed E-state index contributed by atoms with van der Waals surface area (Å²) in [7, 11) is 1.54. The van der Waals surface area contributed by atoms with Gasteiger partial charge in [0.2, 0.25) is 11.8 Å². The molecule has 7 heteroatoms. The van der Waals surface area contributed by atoms with Crippen molar-refractivity contribution in [1.82, 2.24) is 5.32 Å². The zero-order valence-electron chi connectivity index (χ0n) is 15.4. The zero-order chi connectivity index (χ0) is 19.4. The molecule has 1 fully saturated rings. The lowest BCUT2D eigenvalue weighted by atomic mass is 10.1. The molecule has 0 radical (unpaired) electrons. The van der Waals surface area contributed by atoms with Crippen LogP contribution in [-0.4, -0.2) is 29.3 Å². The van der Waals surface area contributed by atoms with E-state index in [1.54, 1.807) is 19.2 Å². The monoisotopic (exact) mass is 383 g/mol. The van der Waals surface area contributed by atoms with Gasteiger partial charge in [-0.15, -0.1) is 0 Å². The number of hydrogen-bond acceptors (Lipinski definition) is 5. The topological polar surface area (TPSA) is 79.8 Å². The summed E-state index contributed by atoms with van der Waals surface area (Å²) < 4.78 is 5.22. The Morgan fingerprint density at radius 1 is 1.22 bits per heavy atom. The maximum absolute atomic E-state index is 12.3. The van der Waals surface area contributed by atoms with Crippen molar-refractivity contribution in [1.29, 1.82) is 0 Å². The van der Waals surface area contributed by atoms with Gasteiger partial charge in [-0.1, -0.05) is 30.0 Å². The number of rotatable bonds is 5. The van der Waals surface area contributed by atoms with Crippen molar-refractivity contribution >= 4 is 40.1 Å². The molecule has 0 bridgehead atoms. The number of para-hydroxylation sites is 2. The number of amides is 2. The average Bonchev–Trinajstić information content (AvgIpc) is 2.97. The molecule has 1 heterocycles. The molecule has 27 heavy (non-hydrogen) atoms. The molecule has 1 aliphatic heterocycles. The number of ether oxygens (including phenoxy) is 1. The van der Waals surface area contributed by atoms with E-state index in [0.29, 0.717) is 16.6 Å². The molecule has 2 aromatic rings. The molecule has 140 valence electrons. The fourth-order valence-electron chi connectivity index (χ4n) is 2.62. The van der Waals surface area contributed by atoms with Crippen LogP contribution in [0.25, 0.3) is 0 Å². The largest absolute Gasteiger partial charge is 0.495 e. The number of amidine groups is 1. The van der Waals surface area contributed by atoms with Crippen LogP contribution in [0.15, 0.2) is 47.5 Å². The highest BCUT2D eigenvalue weighted by molar-refractivity contribution is 8.15. The molecular weight excluding hydrogens is 362 g/mol. The first-order chi connectivity index (χ1) is 13.0. The van der Waals surface area contributed by atoms with E-state index < -0.39 is 5.25 Å². The van der Waals surface area contributed by atoms with Gasteiger partial charge in [-0.3, -0.25) is 9.59 Å². The van der Waals surface area contributed by atoms with Gasteiger partial charge < -0.3 is 15.4 Å². The van der Waals surface area contributed by atoms with Gasteiger partial charge in [-0.05, 0) is 49.2 Å². The van der Waals surface area contributed by atoms with E-state index in [1.165, 1.54) is 17.3 Å². The Labute approximate surface area is 162 Å². The van der Waals surface area contributed by atoms with Gasteiger partial charge in [-0.25, -0.2) is 4.99 Å². The predicted octanol–water partition coefficient (Wildman–Crippen LogP) is 3.56. The van der Waals surface area contributed by atoms with Gasteiger partial charge in [0, 0.05) is 6.42 Å². The van der Waals surface area contributed by atoms with E-state index in [0.717, 1.165) is 11.3 Å². The van der Waals surface area contributed by atoms with Gasteiger partial charge in [0.25, 0.3) is 0 Å². The first-order valence-corrected chi connectivity index (χ1v) is 9.40. The van der Waals surface area contributed by atoms with Gasteiger partial charge in [0.1, 0.15) is 11.0 Å². The van der Waals surface area contributed by atoms with Gasteiger partial charge in [0.15, 0.2) is 5.17 Å². The van der Waals surface area contributed by atoms with Crippen LogP contribution in [0.5, 0.6) is 5.75 Å². The second kappa shape index (κ2) is 8.26. The van der Waals surface area contributed by atoms with Gasteiger partial charge in [0.05, 0.1) is 18.5 Å². The summed E-state index contributed by atoms with van der Waals surface area (Å²) in [6.07, 6.45) is 0.0560. The molecule has 0 spiro atoms. The summed E-state index contributed by atoms with van der Waals surface area (Å²) >= 11 is 1.27. The summed E-state index contributed by atoms with van der Waals surface area (Å²) in [6, 6.07) is 13.0. The first kappa shape index (κ1) is 19.0. The van der Waals surface area contributed by atoms with Crippen LogP contribution in [-0.2, 0) is 9.59 Å². The van der Waals surface area contributed by atoms with Crippen molar-refractivity contribution in [3.63, 3.8) is 0 Å². The van der Waals surface area contributed by atoms with Crippen LogP contribution in [0, 0.1) is 13.8 Å². The highest BCUT2D eigenvalue weighted by atomic mass is 32.2. The Balaban J connectivity index is 1.64. The summed E-state index contributed by atoms with van der Waals surface area (Å²) in [5.74, 6) is 0.115. The zero-order valence-corrected chi connectivity index (χ0v) is 16.2. The lowest BCUT2D eigenvalue weighted by Gasteiger charge is -2.10. The third-order valence-electron chi connectivity index (χ3n) is 4.25. The number of benzene rings is 2. The first-order valence-electron chi connectivity index (χ1n) is 8.52. The minimum Gasteiger partial charge on any atom is -0.495 e. The Kier molecular flexibility index (Phi) is 5.81. The normalized spacial score (nSPS) is 17.7. The smallest absolute Gasteiger partial charge is 0.240 e. The Morgan fingerprint density at radius 2 is 2.00 bits per heavy atom. The van der Waals surface area contributed by atoms with E-state index in [4.69, 9.17) is 4.74 Å². The van der Waals surface area contributed by atoms with Crippen LogP contribution in [0.3, 0.4) is 0 Å². The number of methoxy groups -OCH3 is 1. The summed E-state index contributed by atoms with van der Waals surface area (Å²) in [4.78, 5) is 29.0. The maximum atomic E-state index is 12.3. The van der Waals surface area contributed by atoms with Crippen molar-refractivity contribution in [2.75, 3.05) is 12.4 Å². The lowest BCUT2D eigenvalue weighted by molar-refractivity contribution is -0.122. The molecule has 0 aliphatic carbocycles. The third-order valence-corrected chi connectivity index (χ3v) is 5.33. The van der Waals surface area contributed by atoms with Crippen LogP contribution in [0.4, 0.5) is 11.4 Å². The predicted molar refractivity (Wildman–Crippen MR) is 109 cm³/mol. The SMILES string of the molecule is COc1ccccc1NC(=O)C[C@H]1SC(=Nc2ccc(C)c(C)c2)NC1=O. The van der Waals surface area contributed by atoms with Crippen molar-refractivity contribution in [3.8, 4) is 5.75 Å². The Hall–Kier alpha value is -2.80. The minimum absolute atomic E-state index is 0.0560. The molecule has 0 unspecified atom stereocenters. The number of thioether (sulfide) groups is 1. The maximum Gasteiger partial charge on any atom is 0.240 e. The van der Waals surface area contributed by atoms with Crippen LogP contribution >= 0.6 is 11.8 Å². The number of hydrogen-bond donors (Lipinski definition) is 2. The molecule has 3 rings (SSSR count). The molecule has 1 atom stereocenters. The number of aryl methyl sites for hydroxylation is 2. The number of carbonyl (C=O) groups is 2. The van der Waals surface area contributed by atoms with Gasteiger partial charge in [-0.2, -0.15) is 0 Å². The molecule has 1 aliphatic rings. The number of anilines is 1. The number of carbonyl (C=O) groups excluding carboxylic acids is 2. The minimum atomic E-state index is -0.509. The van der Waals surface area contributed by atoms with Crippen molar-refractivity contribution in [3.05, 3.63) is 53.6 Å². The van der Waals surface area contributed by atoms with E-state index in [-0.39, 0.29) is 18.2 Å². The van der Waals surface area contributed by atoms with Crippen LogP contribution < -0.4 is 15.4 Å². The Morgan fingerprint density at radius 3 is 2.74 bits per heavy atom. The van der Waals surface area contributed by atoms with E-state index in [1.807, 2.05) is 44.2 Å². The summed E-state index contributed by atoms with van der Waals surface area (Å²) in [5, 5.41) is 5.54. The van der Waals surface area contributed by atoms with E-state index in [9.17, 15) is 9.59 Å². The van der Waals surface area contributed by atoms with E-state index >= 15 is 0 Å². The molecule has 2 amide bonds. The average molecular weight is 383 g/mol. The van der Waals surface area contributed by atoms with Crippen molar-refractivity contribution < 1.29 is 14.3 Å². The van der Waals surface area contributed by atoms with Gasteiger partial charge >= 0.3 is 0 Å². The van der Waals surface area contributed by atoms with Crippen LogP contribution in [0.2, 0.25) is 0 Å². The third kappa shape index (κ3) is 4.68. The molecule has 0 aromatic heterocycles. The molecular formula is C20H21N3O3S. The molecule has 6 nitrogen and oxygen atoms in total. The summed E-state index contributed by atoms with van der Waals surface area (Å²) in [6.45, 7) is 4.05. The Bertz CT molecular complexity index is 911. The fraction of sp³-hybridized carbons (Fsp3) is 0.250.